The zero-order valence-corrected chi connectivity index (χ0v) is 9.68. The van der Waals surface area contributed by atoms with Gasteiger partial charge in [0.05, 0.1) is 6.54 Å². The molecule has 1 rings (SSSR count). The Bertz CT molecular complexity index is 365. The van der Waals surface area contributed by atoms with Gasteiger partial charge in [0.15, 0.2) is 0 Å². The van der Waals surface area contributed by atoms with Gasteiger partial charge in [0.2, 0.25) is 5.91 Å². The smallest absolute Gasteiger partial charge is 0.236 e. The van der Waals surface area contributed by atoms with Gasteiger partial charge in [0, 0.05) is 24.5 Å². The van der Waals surface area contributed by atoms with E-state index in [2.05, 4.69) is 18.8 Å². The summed E-state index contributed by atoms with van der Waals surface area (Å²) >= 11 is 0. The first-order valence-corrected chi connectivity index (χ1v) is 5.24. The second-order valence-corrected chi connectivity index (χ2v) is 4.19. The average molecular weight is 222 g/mol. The van der Waals surface area contributed by atoms with Crippen LogP contribution in [0.3, 0.4) is 0 Å². The van der Waals surface area contributed by atoms with Gasteiger partial charge in [0.25, 0.3) is 0 Å². The van der Waals surface area contributed by atoms with Crippen LogP contribution in [-0.2, 0) is 4.79 Å². The summed E-state index contributed by atoms with van der Waals surface area (Å²) in [5.41, 5.74) is 11.5. The van der Waals surface area contributed by atoms with Gasteiger partial charge in [-0.2, -0.15) is 0 Å². The van der Waals surface area contributed by atoms with Gasteiger partial charge in [-0.15, -0.1) is 0 Å². The largest absolute Gasteiger partial charge is 0.399 e. The van der Waals surface area contributed by atoms with Crippen LogP contribution in [0.1, 0.15) is 13.8 Å². The molecule has 5 heteroatoms. The molecule has 0 unspecified atom stereocenters. The maximum Gasteiger partial charge on any atom is 0.236 e. The van der Waals surface area contributed by atoms with Crippen molar-refractivity contribution in [3.8, 4) is 0 Å². The molecule has 4 N–H and O–H groups in total. The first-order valence-electron chi connectivity index (χ1n) is 5.24. The lowest BCUT2D eigenvalue weighted by atomic mass is 10.2. The van der Waals surface area contributed by atoms with E-state index in [1.54, 1.807) is 18.3 Å². The first kappa shape index (κ1) is 12.3. The first-order chi connectivity index (χ1) is 7.49. The van der Waals surface area contributed by atoms with Gasteiger partial charge in [0.1, 0.15) is 5.82 Å². The quantitative estimate of drug-likeness (QED) is 0.764. The third-order valence-electron chi connectivity index (χ3n) is 2.03. The van der Waals surface area contributed by atoms with Crippen LogP contribution in [0.4, 0.5) is 11.5 Å². The number of carbonyl (C=O) groups excluding carboxylic acids is 1. The lowest BCUT2D eigenvalue weighted by Gasteiger charge is -2.24. The van der Waals surface area contributed by atoms with Gasteiger partial charge in [-0.25, -0.2) is 4.98 Å². The van der Waals surface area contributed by atoms with Crippen LogP contribution >= 0.6 is 0 Å². The van der Waals surface area contributed by atoms with Gasteiger partial charge in [-0.3, -0.25) is 4.79 Å². The number of nitrogen functional groups attached to an aromatic ring is 1. The molecule has 16 heavy (non-hydrogen) atoms. The molecule has 0 saturated heterocycles. The molecule has 0 fully saturated rings. The second-order valence-electron chi connectivity index (χ2n) is 4.19. The summed E-state index contributed by atoms with van der Waals surface area (Å²) in [6, 6.07) is 3.45. The fraction of sp³-hybridized carbons (Fsp3) is 0.455. The molecule has 0 bridgehead atoms. The fourth-order valence-electron chi connectivity index (χ4n) is 1.48. The van der Waals surface area contributed by atoms with E-state index in [4.69, 9.17) is 11.5 Å². The molecular formula is C11H18N4O. The summed E-state index contributed by atoms with van der Waals surface area (Å²) in [6.45, 7) is 5.02. The number of carbonyl (C=O) groups is 1. The van der Waals surface area contributed by atoms with E-state index in [1.807, 2.05) is 4.90 Å². The van der Waals surface area contributed by atoms with Crippen molar-refractivity contribution in [2.45, 2.75) is 13.8 Å². The van der Waals surface area contributed by atoms with Gasteiger partial charge >= 0.3 is 0 Å². The number of rotatable bonds is 5. The zero-order chi connectivity index (χ0) is 12.1. The third kappa shape index (κ3) is 3.76. The van der Waals surface area contributed by atoms with Crippen molar-refractivity contribution in [1.82, 2.24) is 4.98 Å². The Hall–Kier alpha value is -1.78. The van der Waals surface area contributed by atoms with E-state index < -0.39 is 0 Å². The van der Waals surface area contributed by atoms with Crippen LogP contribution in [0.2, 0.25) is 0 Å². The SMILES string of the molecule is CC(C)CN(CC(N)=O)c1cc(N)ccn1. The maximum absolute atomic E-state index is 11.0. The van der Waals surface area contributed by atoms with Crippen molar-refractivity contribution in [2.24, 2.45) is 11.7 Å². The normalized spacial score (nSPS) is 10.4. The molecule has 0 atom stereocenters. The van der Waals surface area contributed by atoms with Crippen LogP contribution in [-0.4, -0.2) is 24.0 Å². The Morgan fingerprint density at radius 3 is 2.75 bits per heavy atom. The Balaban J connectivity index is 2.86. The van der Waals surface area contributed by atoms with Crippen molar-refractivity contribution >= 4 is 17.4 Å². The molecular weight excluding hydrogens is 204 g/mol. The van der Waals surface area contributed by atoms with Crippen LogP contribution < -0.4 is 16.4 Å². The Labute approximate surface area is 95.4 Å². The number of anilines is 2. The van der Waals surface area contributed by atoms with Crippen LogP contribution in [0, 0.1) is 5.92 Å². The highest BCUT2D eigenvalue weighted by atomic mass is 16.1. The molecule has 0 radical (unpaired) electrons. The lowest BCUT2D eigenvalue weighted by Crippen LogP contribution is -2.36. The van der Waals surface area contributed by atoms with E-state index >= 15 is 0 Å². The second kappa shape index (κ2) is 5.34. The summed E-state index contributed by atoms with van der Waals surface area (Å²) in [5, 5.41) is 0. The number of aromatic nitrogens is 1. The molecule has 0 spiro atoms. The standard InChI is InChI=1S/C11H18N4O/c1-8(2)6-15(7-10(13)16)11-5-9(12)3-4-14-11/h3-5,8H,6-7H2,1-2H3,(H2,12,14)(H2,13,16). The summed E-state index contributed by atoms with van der Waals surface area (Å²) in [4.78, 5) is 17.0. The Morgan fingerprint density at radius 1 is 1.56 bits per heavy atom. The van der Waals surface area contributed by atoms with Crippen LogP contribution in [0.5, 0.6) is 0 Å². The van der Waals surface area contributed by atoms with E-state index in [1.165, 1.54) is 0 Å². The lowest BCUT2D eigenvalue weighted by molar-refractivity contribution is -0.116. The maximum atomic E-state index is 11.0. The van der Waals surface area contributed by atoms with Crippen molar-refractivity contribution < 1.29 is 4.79 Å². The number of primary amides is 1. The molecule has 0 aliphatic heterocycles. The number of nitrogens with zero attached hydrogens (tertiary/aromatic N) is 2. The predicted octanol–water partition coefficient (Wildman–Crippen LogP) is 0.611. The fourth-order valence-corrected chi connectivity index (χ4v) is 1.48. The molecule has 0 aliphatic rings. The Morgan fingerprint density at radius 2 is 2.25 bits per heavy atom. The summed E-state index contributed by atoms with van der Waals surface area (Å²) < 4.78 is 0. The molecule has 0 aliphatic carbocycles. The number of nitrogens with two attached hydrogens (primary N) is 2. The number of amides is 1. The molecule has 1 aromatic heterocycles. The Kier molecular flexibility index (Phi) is 4.10. The average Bonchev–Trinajstić information content (AvgIpc) is 2.15. The van der Waals surface area contributed by atoms with Crippen molar-refractivity contribution in [3.05, 3.63) is 18.3 Å². The molecule has 1 amide bonds. The molecule has 0 saturated carbocycles. The molecule has 5 nitrogen and oxygen atoms in total. The topological polar surface area (TPSA) is 85.2 Å². The summed E-state index contributed by atoms with van der Waals surface area (Å²) in [6.07, 6.45) is 1.62. The van der Waals surface area contributed by atoms with Crippen molar-refractivity contribution in [3.63, 3.8) is 0 Å². The van der Waals surface area contributed by atoms with Crippen molar-refractivity contribution in [1.29, 1.82) is 0 Å². The molecule has 1 aromatic rings. The molecule has 88 valence electrons. The van der Waals surface area contributed by atoms with Gasteiger partial charge in [-0.05, 0) is 12.0 Å². The highest BCUT2D eigenvalue weighted by Gasteiger charge is 2.12. The molecule has 1 heterocycles. The van der Waals surface area contributed by atoms with Crippen LogP contribution in [0.25, 0.3) is 0 Å². The van der Waals surface area contributed by atoms with E-state index in [0.29, 0.717) is 17.4 Å². The van der Waals surface area contributed by atoms with E-state index in [-0.39, 0.29) is 12.5 Å². The number of hydrogen-bond donors (Lipinski definition) is 2. The van der Waals surface area contributed by atoms with Gasteiger partial charge in [-0.1, -0.05) is 13.8 Å². The summed E-state index contributed by atoms with van der Waals surface area (Å²) in [7, 11) is 0. The van der Waals surface area contributed by atoms with E-state index in [9.17, 15) is 4.79 Å². The monoisotopic (exact) mass is 222 g/mol. The third-order valence-corrected chi connectivity index (χ3v) is 2.03. The van der Waals surface area contributed by atoms with Crippen LogP contribution in [0.15, 0.2) is 18.3 Å². The zero-order valence-electron chi connectivity index (χ0n) is 9.68. The highest BCUT2D eigenvalue weighted by Crippen LogP contribution is 2.15. The van der Waals surface area contributed by atoms with E-state index in [0.717, 1.165) is 6.54 Å². The predicted molar refractivity (Wildman–Crippen MR) is 64.9 cm³/mol. The van der Waals surface area contributed by atoms with Gasteiger partial charge < -0.3 is 16.4 Å². The minimum atomic E-state index is -0.370. The highest BCUT2D eigenvalue weighted by molar-refractivity contribution is 5.79. The number of pyridine rings is 1. The van der Waals surface area contributed by atoms with Crippen molar-refractivity contribution in [2.75, 3.05) is 23.7 Å². The summed E-state index contributed by atoms with van der Waals surface area (Å²) in [5.74, 6) is 0.736. The minimum Gasteiger partial charge on any atom is -0.399 e. The number of hydrogen-bond acceptors (Lipinski definition) is 4. The minimum absolute atomic E-state index is 0.161. The molecule has 0 aromatic carbocycles.